The van der Waals surface area contributed by atoms with Gasteiger partial charge in [-0.1, -0.05) is 11.6 Å². The number of nitrogens with one attached hydrogen (secondary N) is 1. The number of hydrogen-bond acceptors (Lipinski definition) is 4. The second-order valence-corrected chi connectivity index (χ2v) is 6.88. The lowest BCUT2D eigenvalue weighted by molar-refractivity contribution is -0.660. The minimum absolute atomic E-state index is 0.340. The quantitative estimate of drug-likeness (QED) is 0.559. The molecule has 3 aromatic heterocycles. The molecule has 0 saturated heterocycles. The standard InChI is InChI=1S/C17H13ClN4O2S/c1-10-3-4-11(2)21(10)17-19-14(9-25-17)15-16(23)24-20-22(15)13-7-5-12(18)6-8-13/h3-9H,1-2H3/p+1. The van der Waals surface area contributed by atoms with Crippen molar-refractivity contribution in [1.29, 1.82) is 0 Å². The maximum absolute atomic E-state index is 12.2. The van der Waals surface area contributed by atoms with Gasteiger partial charge in [-0.25, -0.2) is 9.78 Å². The number of hydrogen-bond donors (Lipinski definition) is 1. The summed E-state index contributed by atoms with van der Waals surface area (Å²) in [6.07, 6.45) is 0. The van der Waals surface area contributed by atoms with Crippen LogP contribution in [0.1, 0.15) is 11.4 Å². The van der Waals surface area contributed by atoms with Gasteiger partial charge in [0.1, 0.15) is 0 Å². The lowest BCUT2D eigenvalue weighted by atomic mass is 10.3. The van der Waals surface area contributed by atoms with Crippen LogP contribution < -0.4 is 10.3 Å². The van der Waals surface area contributed by atoms with E-state index in [1.165, 1.54) is 11.3 Å². The number of thiazole rings is 1. The van der Waals surface area contributed by atoms with Gasteiger partial charge in [0.05, 0.1) is 0 Å². The fourth-order valence-corrected chi connectivity index (χ4v) is 3.76. The molecule has 0 unspecified atom stereocenters. The molecule has 6 nitrogen and oxygen atoms in total. The van der Waals surface area contributed by atoms with E-state index in [4.69, 9.17) is 16.1 Å². The maximum Gasteiger partial charge on any atom is 0.437 e. The molecule has 0 aliphatic carbocycles. The predicted octanol–water partition coefficient (Wildman–Crippen LogP) is 3.43. The molecule has 3 heterocycles. The number of halogens is 1. The van der Waals surface area contributed by atoms with Crippen LogP contribution in [-0.2, 0) is 0 Å². The van der Waals surface area contributed by atoms with Crippen molar-refractivity contribution in [1.82, 2.24) is 14.8 Å². The second kappa shape index (κ2) is 6.02. The van der Waals surface area contributed by atoms with Crippen LogP contribution in [0.3, 0.4) is 0 Å². The number of H-pyrrole nitrogens is 1. The van der Waals surface area contributed by atoms with Gasteiger partial charge in [-0.2, -0.15) is 0 Å². The minimum Gasteiger partial charge on any atom is -0.295 e. The van der Waals surface area contributed by atoms with Gasteiger partial charge in [0.2, 0.25) is 5.69 Å². The molecule has 0 radical (unpaired) electrons. The second-order valence-electron chi connectivity index (χ2n) is 5.61. The lowest BCUT2D eigenvalue weighted by Gasteiger charge is -2.03. The highest BCUT2D eigenvalue weighted by Gasteiger charge is 2.28. The molecule has 8 heteroatoms. The van der Waals surface area contributed by atoms with Crippen LogP contribution in [0.2, 0.25) is 5.02 Å². The third-order valence-corrected chi connectivity index (χ3v) is 5.01. The first-order valence-corrected chi connectivity index (χ1v) is 8.81. The first-order valence-electron chi connectivity index (χ1n) is 7.55. The van der Waals surface area contributed by atoms with E-state index in [-0.39, 0.29) is 0 Å². The molecule has 0 saturated carbocycles. The van der Waals surface area contributed by atoms with Gasteiger partial charge in [-0.3, -0.25) is 9.09 Å². The van der Waals surface area contributed by atoms with E-state index in [9.17, 15) is 4.79 Å². The van der Waals surface area contributed by atoms with Crippen molar-refractivity contribution >= 4 is 22.9 Å². The first-order chi connectivity index (χ1) is 12.0. The Kier molecular flexibility index (Phi) is 3.82. The third-order valence-electron chi connectivity index (χ3n) is 3.93. The van der Waals surface area contributed by atoms with Gasteiger partial charge in [0, 0.05) is 33.9 Å². The Morgan fingerprint density at radius 3 is 2.52 bits per heavy atom. The Morgan fingerprint density at radius 1 is 1.16 bits per heavy atom. The smallest absolute Gasteiger partial charge is 0.295 e. The van der Waals surface area contributed by atoms with Crippen molar-refractivity contribution in [3.63, 3.8) is 0 Å². The van der Waals surface area contributed by atoms with Crippen molar-refractivity contribution in [2.45, 2.75) is 13.8 Å². The largest absolute Gasteiger partial charge is 0.437 e. The van der Waals surface area contributed by atoms with E-state index in [2.05, 4.69) is 14.8 Å². The van der Waals surface area contributed by atoms with Gasteiger partial charge in [0.25, 0.3) is 0 Å². The highest BCUT2D eigenvalue weighted by molar-refractivity contribution is 7.12. The summed E-state index contributed by atoms with van der Waals surface area (Å²) in [7, 11) is 0. The van der Waals surface area contributed by atoms with Crippen molar-refractivity contribution < 1.29 is 9.20 Å². The molecule has 0 spiro atoms. The maximum atomic E-state index is 12.2. The van der Waals surface area contributed by atoms with Gasteiger partial charge in [-0.05, 0) is 48.1 Å². The highest BCUT2D eigenvalue weighted by atomic mass is 35.5. The summed E-state index contributed by atoms with van der Waals surface area (Å²) < 4.78 is 8.60. The molecule has 0 amide bonds. The summed E-state index contributed by atoms with van der Waals surface area (Å²) in [6, 6.07) is 11.2. The van der Waals surface area contributed by atoms with E-state index >= 15 is 0 Å². The topological polar surface area (TPSA) is 67.7 Å². The molecule has 0 atom stereocenters. The van der Waals surface area contributed by atoms with Gasteiger partial charge in [-0.15, -0.1) is 11.3 Å². The average Bonchev–Trinajstić information content (AvgIpc) is 3.28. The summed E-state index contributed by atoms with van der Waals surface area (Å²) in [5, 5.41) is 5.89. The minimum atomic E-state index is -0.479. The molecule has 0 aliphatic heterocycles. The van der Waals surface area contributed by atoms with E-state index in [0.717, 1.165) is 22.2 Å². The Morgan fingerprint density at radius 2 is 1.84 bits per heavy atom. The molecule has 0 fully saturated rings. The molecule has 1 aromatic carbocycles. The third kappa shape index (κ3) is 2.71. The molecule has 0 bridgehead atoms. The molecule has 4 aromatic rings. The van der Waals surface area contributed by atoms with Crippen LogP contribution in [0.4, 0.5) is 0 Å². The van der Waals surface area contributed by atoms with Crippen molar-refractivity contribution in [3.05, 3.63) is 68.6 Å². The number of aromatic amines is 1. The Balaban J connectivity index is 1.83. The molecule has 0 aliphatic rings. The molecular weight excluding hydrogens is 360 g/mol. The van der Waals surface area contributed by atoms with E-state index in [1.807, 2.05) is 31.4 Å². The number of rotatable bonds is 3. The zero-order chi connectivity index (χ0) is 17.6. The fraction of sp³-hybridized carbons (Fsp3) is 0.118. The van der Waals surface area contributed by atoms with Crippen LogP contribution >= 0.6 is 22.9 Å². The summed E-state index contributed by atoms with van der Waals surface area (Å²) >= 11 is 7.40. The summed E-state index contributed by atoms with van der Waals surface area (Å²) in [5.74, 6) is 0. The zero-order valence-corrected chi connectivity index (χ0v) is 15.1. The lowest BCUT2D eigenvalue weighted by Crippen LogP contribution is -2.36. The van der Waals surface area contributed by atoms with Crippen LogP contribution in [-0.4, -0.2) is 14.8 Å². The van der Waals surface area contributed by atoms with Crippen LogP contribution in [0.5, 0.6) is 0 Å². The summed E-state index contributed by atoms with van der Waals surface area (Å²) in [5.41, 5.74) is 3.32. The van der Waals surface area contributed by atoms with Crippen LogP contribution in [0.25, 0.3) is 22.2 Å². The molecule has 1 N–H and O–H groups in total. The van der Waals surface area contributed by atoms with Crippen molar-refractivity contribution in [2.24, 2.45) is 0 Å². The highest BCUT2D eigenvalue weighted by Crippen LogP contribution is 2.24. The first kappa shape index (κ1) is 15.9. The Bertz CT molecular complexity index is 1090. The molecule has 4 rings (SSSR count). The van der Waals surface area contributed by atoms with E-state index in [0.29, 0.717) is 16.4 Å². The number of benzene rings is 1. The summed E-state index contributed by atoms with van der Waals surface area (Å²) in [4.78, 5) is 16.9. The van der Waals surface area contributed by atoms with Crippen molar-refractivity contribution in [3.8, 4) is 22.2 Å². The Hall–Kier alpha value is -2.64. The zero-order valence-electron chi connectivity index (χ0n) is 13.5. The normalized spacial score (nSPS) is 11.2. The van der Waals surface area contributed by atoms with Crippen molar-refractivity contribution in [2.75, 3.05) is 0 Å². The van der Waals surface area contributed by atoms with Gasteiger partial charge >= 0.3 is 11.3 Å². The number of aryl methyl sites for hydroxylation is 2. The van der Waals surface area contributed by atoms with E-state index < -0.39 is 5.63 Å². The molecular formula is C17H14ClN4O2S+. The average molecular weight is 374 g/mol. The SMILES string of the molecule is Cc1ccc(C)n1-c1nc(-c2c(=O)o[nH][n+]2-c2ccc(Cl)cc2)cs1. The van der Waals surface area contributed by atoms with Crippen LogP contribution in [0.15, 0.2) is 51.1 Å². The van der Waals surface area contributed by atoms with Gasteiger partial charge in [0.15, 0.2) is 10.8 Å². The predicted molar refractivity (Wildman–Crippen MR) is 95.8 cm³/mol. The molecule has 126 valence electrons. The fourth-order valence-electron chi connectivity index (χ4n) is 2.71. The van der Waals surface area contributed by atoms with Gasteiger partial charge < -0.3 is 0 Å². The van der Waals surface area contributed by atoms with Crippen LogP contribution in [0, 0.1) is 13.8 Å². The number of nitrogens with zero attached hydrogens (tertiary/aromatic N) is 3. The number of aromatic nitrogens is 4. The van der Waals surface area contributed by atoms with E-state index in [1.54, 1.807) is 28.9 Å². The molecule has 25 heavy (non-hydrogen) atoms. The Labute approximate surface area is 151 Å². The summed E-state index contributed by atoms with van der Waals surface area (Å²) in [6.45, 7) is 4.04. The monoisotopic (exact) mass is 373 g/mol.